The molecule has 1 unspecified atom stereocenters. The highest BCUT2D eigenvalue weighted by Crippen LogP contribution is 2.39. The monoisotopic (exact) mass is 354 g/mol. The smallest absolute Gasteiger partial charge is 0.0659 e. The Kier molecular flexibility index (Phi) is 3.88. The van der Waals surface area contributed by atoms with Crippen molar-refractivity contribution in [3.63, 3.8) is 0 Å². The van der Waals surface area contributed by atoms with Crippen molar-refractivity contribution in [1.82, 2.24) is 0 Å². The number of rotatable bonds is 2. The molecule has 2 aromatic carbocycles. The fourth-order valence-electron chi connectivity index (χ4n) is 2.65. The van der Waals surface area contributed by atoms with Gasteiger partial charge in [-0.05, 0) is 47.6 Å². The molecule has 0 aromatic heterocycles. The second kappa shape index (κ2) is 5.47. The molecule has 0 nitrogen and oxygen atoms in total. The molecule has 0 spiro atoms. The van der Waals surface area contributed by atoms with Gasteiger partial charge in [-0.15, -0.1) is 0 Å². The molecule has 1 atom stereocenters. The van der Waals surface area contributed by atoms with Crippen LogP contribution in [0.1, 0.15) is 33.5 Å². The van der Waals surface area contributed by atoms with Crippen LogP contribution in [0.25, 0.3) is 0 Å². The highest BCUT2D eigenvalue weighted by molar-refractivity contribution is 9.09. The molecule has 3 heteroatoms. The van der Waals surface area contributed by atoms with E-state index in [1.807, 2.05) is 18.2 Å². The third-order valence-corrected chi connectivity index (χ3v) is 5.53. The fourth-order valence-corrected chi connectivity index (χ4v) is 3.86. The van der Waals surface area contributed by atoms with Crippen molar-refractivity contribution in [3.8, 4) is 0 Å². The Morgan fingerprint density at radius 3 is 2.63 bits per heavy atom. The maximum Gasteiger partial charge on any atom is 0.0659 e. The molecule has 3 rings (SSSR count). The highest BCUT2D eigenvalue weighted by atomic mass is 79.9. The van der Waals surface area contributed by atoms with Crippen LogP contribution in [0, 0.1) is 0 Å². The molecule has 98 valence electrons. The van der Waals surface area contributed by atoms with Crippen molar-refractivity contribution in [3.05, 3.63) is 68.7 Å². The van der Waals surface area contributed by atoms with Crippen LogP contribution in [0.15, 0.2) is 36.4 Å². The van der Waals surface area contributed by atoms with Crippen LogP contribution in [-0.2, 0) is 12.8 Å². The van der Waals surface area contributed by atoms with Gasteiger partial charge in [-0.2, -0.15) is 0 Å². The quantitative estimate of drug-likeness (QED) is 0.582. The molecule has 19 heavy (non-hydrogen) atoms. The number of hydrogen-bond donors (Lipinski definition) is 0. The first-order chi connectivity index (χ1) is 9.16. The summed E-state index contributed by atoms with van der Waals surface area (Å²) < 4.78 is 0. The average Bonchev–Trinajstić information content (AvgIpc) is 2.88. The Morgan fingerprint density at radius 1 is 1.00 bits per heavy atom. The molecule has 0 saturated carbocycles. The van der Waals surface area contributed by atoms with Crippen LogP contribution in [0.4, 0.5) is 0 Å². The molecular formula is C16H13BrCl2. The van der Waals surface area contributed by atoms with E-state index in [1.54, 1.807) is 0 Å². The summed E-state index contributed by atoms with van der Waals surface area (Å²) in [7, 11) is 0. The molecule has 0 aliphatic heterocycles. The Hall–Kier alpha value is -0.500. The normalized spacial score (nSPS) is 15.3. The summed E-state index contributed by atoms with van der Waals surface area (Å²) in [6.07, 6.45) is 3.66. The van der Waals surface area contributed by atoms with Gasteiger partial charge < -0.3 is 0 Å². The van der Waals surface area contributed by atoms with Gasteiger partial charge in [0.05, 0.1) is 14.9 Å². The number of halogens is 3. The van der Waals surface area contributed by atoms with E-state index in [0.717, 1.165) is 5.56 Å². The fraction of sp³-hybridized carbons (Fsp3) is 0.250. The Bertz CT molecular complexity index is 622. The number of fused-ring (bicyclic) bond motifs is 1. The highest BCUT2D eigenvalue weighted by Gasteiger charge is 2.18. The van der Waals surface area contributed by atoms with Crippen LogP contribution in [0.2, 0.25) is 10.0 Å². The lowest BCUT2D eigenvalue weighted by molar-refractivity contribution is 0.911. The van der Waals surface area contributed by atoms with Gasteiger partial charge in [-0.1, -0.05) is 69.5 Å². The van der Waals surface area contributed by atoms with Crippen molar-refractivity contribution in [2.45, 2.75) is 24.1 Å². The van der Waals surface area contributed by atoms with E-state index >= 15 is 0 Å². The van der Waals surface area contributed by atoms with Gasteiger partial charge in [0.1, 0.15) is 0 Å². The van der Waals surface area contributed by atoms with E-state index in [-0.39, 0.29) is 4.83 Å². The second-order valence-electron chi connectivity index (χ2n) is 4.89. The molecule has 1 aliphatic carbocycles. The maximum atomic E-state index is 6.29. The number of hydrogen-bond acceptors (Lipinski definition) is 0. The van der Waals surface area contributed by atoms with Crippen LogP contribution in [0.5, 0.6) is 0 Å². The Balaban J connectivity index is 2.00. The average molecular weight is 356 g/mol. The minimum absolute atomic E-state index is 0.0876. The summed E-state index contributed by atoms with van der Waals surface area (Å²) in [4.78, 5) is 0.0876. The summed E-state index contributed by atoms with van der Waals surface area (Å²) in [5, 5.41) is 1.23. The molecular weight excluding hydrogens is 343 g/mol. The lowest BCUT2D eigenvalue weighted by Gasteiger charge is -2.14. The summed E-state index contributed by atoms with van der Waals surface area (Å²) in [6.45, 7) is 0. The number of benzene rings is 2. The maximum absolute atomic E-state index is 6.29. The molecule has 0 radical (unpaired) electrons. The molecule has 0 heterocycles. The van der Waals surface area contributed by atoms with Gasteiger partial charge in [-0.3, -0.25) is 0 Å². The van der Waals surface area contributed by atoms with E-state index in [2.05, 4.69) is 34.1 Å². The standard InChI is InChI=1S/C16H13BrCl2/c17-15(13-5-2-6-14(18)16(13)19)12-8-7-10-3-1-4-11(10)9-12/h2,5-9,15H,1,3-4H2. The largest absolute Gasteiger partial charge is 0.0827 e. The van der Waals surface area contributed by atoms with Gasteiger partial charge >= 0.3 is 0 Å². The van der Waals surface area contributed by atoms with Crippen molar-refractivity contribution < 1.29 is 0 Å². The van der Waals surface area contributed by atoms with Gasteiger partial charge in [0.15, 0.2) is 0 Å². The van der Waals surface area contributed by atoms with Gasteiger partial charge in [0.25, 0.3) is 0 Å². The van der Waals surface area contributed by atoms with Crippen LogP contribution in [-0.4, -0.2) is 0 Å². The summed E-state index contributed by atoms with van der Waals surface area (Å²) in [6, 6.07) is 12.5. The number of alkyl halides is 1. The van der Waals surface area contributed by atoms with Gasteiger partial charge in [0, 0.05) is 0 Å². The topological polar surface area (TPSA) is 0 Å². The number of aryl methyl sites for hydroxylation is 2. The molecule has 0 N–H and O–H groups in total. The predicted molar refractivity (Wildman–Crippen MR) is 85.7 cm³/mol. The molecule has 0 bridgehead atoms. The molecule has 0 saturated heterocycles. The lowest BCUT2D eigenvalue weighted by atomic mass is 10.0. The molecule has 0 fully saturated rings. The van der Waals surface area contributed by atoms with Gasteiger partial charge in [-0.25, -0.2) is 0 Å². The van der Waals surface area contributed by atoms with Crippen molar-refractivity contribution in [2.75, 3.05) is 0 Å². The first-order valence-corrected chi connectivity index (χ1v) is 8.03. The predicted octanol–water partition coefficient (Wildman–Crippen LogP) is 5.97. The minimum Gasteiger partial charge on any atom is -0.0827 e. The van der Waals surface area contributed by atoms with Gasteiger partial charge in [0.2, 0.25) is 0 Å². The zero-order valence-electron chi connectivity index (χ0n) is 10.3. The van der Waals surface area contributed by atoms with Crippen molar-refractivity contribution in [2.24, 2.45) is 0 Å². The van der Waals surface area contributed by atoms with Crippen LogP contribution < -0.4 is 0 Å². The van der Waals surface area contributed by atoms with E-state index in [0.29, 0.717) is 10.0 Å². The van der Waals surface area contributed by atoms with E-state index in [1.165, 1.54) is 36.0 Å². The Labute approximate surface area is 131 Å². The zero-order valence-corrected chi connectivity index (χ0v) is 13.4. The van der Waals surface area contributed by atoms with Crippen LogP contribution >= 0.6 is 39.1 Å². The van der Waals surface area contributed by atoms with Crippen LogP contribution in [0.3, 0.4) is 0 Å². The van der Waals surface area contributed by atoms with E-state index in [4.69, 9.17) is 23.2 Å². The third kappa shape index (κ3) is 2.56. The van der Waals surface area contributed by atoms with E-state index in [9.17, 15) is 0 Å². The minimum atomic E-state index is 0.0876. The summed E-state index contributed by atoms with van der Waals surface area (Å²) >= 11 is 16.1. The molecule has 1 aliphatic rings. The van der Waals surface area contributed by atoms with E-state index < -0.39 is 0 Å². The van der Waals surface area contributed by atoms with Crippen molar-refractivity contribution >= 4 is 39.1 Å². The molecule has 0 amide bonds. The lowest BCUT2D eigenvalue weighted by Crippen LogP contribution is -1.96. The third-order valence-electron chi connectivity index (χ3n) is 3.67. The first kappa shape index (κ1) is 13.5. The second-order valence-corrected chi connectivity index (χ2v) is 6.59. The zero-order chi connectivity index (χ0) is 13.4. The Morgan fingerprint density at radius 2 is 1.79 bits per heavy atom. The summed E-state index contributed by atoms with van der Waals surface area (Å²) in [5.74, 6) is 0. The molecule has 2 aromatic rings. The first-order valence-electron chi connectivity index (χ1n) is 6.36. The van der Waals surface area contributed by atoms with Crippen molar-refractivity contribution in [1.29, 1.82) is 0 Å². The summed E-state index contributed by atoms with van der Waals surface area (Å²) in [5.41, 5.74) is 5.22. The SMILES string of the molecule is Clc1cccc(C(Br)c2ccc3c(c2)CCC3)c1Cl.